The summed E-state index contributed by atoms with van der Waals surface area (Å²) in [5.74, 6) is 2.63. The molecule has 136 valence electrons. The summed E-state index contributed by atoms with van der Waals surface area (Å²) in [6, 6.07) is 11.8. The van der Waals surface area contributed by atoms with Crippen LogP contribution >= 0.6 is 11.3 Å². The Morgan fingerprint density at radius 2 is 1.38 bits per heavy atom. The highest BCUT2D eigenvalue weighted by Crippen LogP contribution is 2.45. The largest absolute Gasteiger partial charge is 0.497 e. The Kier molecular flexibility index (Phi) is 5.32. The minimum absolute atomic E-state index is 0.575. The van der Waals surface area contributed by atoms with Gasteiger partial charge in [-0.3, -0.25) is 0 Å². The van der Waals surface area contributed by atoms with Gasteiger partial charge in [0.1, 0.15) is 5.75 Å². The Bertz CT molecular complexity index is 878. The molecule has 1 aromatic heterocycles. The molecule has 5 nitrogen and oxygen atoms in total. The van der Waals surface area contributed by atoms with Crippen molar-refractivity contribution in [2.24, 2.45) is 0 Å². The number of hydrogen-bond donors (Lipinski definition) is 0. The smallest absolute Gasteiger partial charge is 0.203 e. The molecule has 26 heavy (non-hydrogen) atoms. The van der Waals surface area contributed by atoms with Crippen LogP contribution in [0.3, 0.4) is 0 Å². The van der Waals surface area contributed by atoms with Crippen LogP contribution in [0, 0.1) is 6.92 Å². The van der Waals surface area contributed by atoms with Crippen LogP contribution in [0.4, 0.5) is 0 Å². The zero-order chi connectivity index (χ0) is 18.7. The molecule has 3 rings (SSSR count). The van der Waals surface area contributed by atoms with E-state index < -0.39 is 0 Å². The average molecular weight is 371 g/mol. The van der Waals surface area contributed by atoms with E-state index in [9.17, 15) is 0 Å². The second-order valence-electron chi connectivity index (χ2n) is 5.55. The summed E-state index contributed by atoms with van der Waals surface area (Å²) in [4.78, 5) is 5.78. The van der Waals surface area contributed by atoms with Crippen LogP contribution in [0.2, 0.25) is 0 Å². The Labute approximate surface area is 157 Å². The number of methoxy groups -OCH3 is 4. The lowest BCUT2D eigenvalue weighted by Gasteiger charge is -2.14. The van der Waals surface area contributed by atoms with Crippen molar-refractivity contribution in [2.75, 3.05) is 28.4 Å². The van der Waals surface area contributed by atoms with Crippen molar-refractivity contribution in [1.29, 1.82) is 0 Å². The lowest BCUT2D eigenvalue weighted by molar-refractivity contribution is 0.324. The predicted molar refractivity (Wildman–Crippen MR) is 104 cm³/mol. The first-order valence-corrected chi connectivity index (χ1v) is 8.85. The number of aromatic nitrogens is 1. The van der Waals surface area contributed by atoms with E-state index in [1.54, 1.807) is 39.8 Å². The van der Waals surface area contributed by atoms with E-state index in [1.807, 2.05) is 43.3 Å². The summed E-state index contributed by atoms with van der Waals surface area (Å²) >= 11 is 1.63. The number of nitrogens with zero attached hydrogens (tertiary/aromatic N) is 1. The molecule has 2 aromatic carbocycles. The van der Waals surface area contributed by atoms with Crippen LogP contribution in [-0.4, -0.2) is 33.4 Å². The SMILES string of the molecule is COc1ccc(-c2nc(C)sc2-c2cc(OC)c(OC)c(OC)c2)cc1. The van der Waals surface area contributed by atoms with E-state index in [-0.39, 0.29) is 0 Å². The van der Waals surface area contributed by atoms with Crippen molar-refractivity contribution in [3.8, 4) is 44.7 Å². The van der Waals surface area contributed by atoms with Gasteiger partial charge in [-0.2, -0.15) is 0 Å². The molecule has 0 aliphatic heterocycles. The third-order valence-corrected chi connectivity index (χ3v) is 5.04. The highest BCUT2D eigenvalue weighted by Gasteiger charge is 2.19. The van der Waals surface area contributed by atoms with Crippen LogP contribution in [0.25, 0.3) is 21.7 Å². The topological polar surface area (TPSA) is 49.8 Å². The van der Waals surface area contributed by atoms with E-state index in [4.69, 9.17) is 23.9 Å². The third-order valence-electron chi connectivity index (χ3n) is 4.02. The van der Waals surface area contributed by atoms with Gasteiger partial charge in [-0.05, 0) is 43.3 Å². The quantitative estimate of drug-likeness (QED) is 0.622. The van der Waals surface area contributed by atoms with Gasteiger partial charge < -0.3 is 18.9 Å². The average Bonchev–Trinajstić information content (AvgIpc) is 3.08. The van der Waals surface area contributed by atoms with Crippen molar-refractivity contribution in [1.82, 2.24) is 4.98 Å². The van der Waals surface area contributed by atoms with Crippen LogP contribution < -0.4 is 18.9 Å². The first-order valence-electron chi connectivity index (χ1n) is 8.03. The van der Waals surface area contributed by atoms with E-state index >= 15 is 0 Å². The molecule has 0 saturated carbocycles. The van der Waals surface area contributed by atoms with E-state index in [2.05, 4.69) is 0 Å². The van der Waals surface area contributed by atoms with Crippen molar-refractivity contribution < 1.29 is 18.9 Å². The van der Waals surface area contributed by atoms with Gasteiger partial charge in [0.25, 0.3) is 0 Å². The van der Waals surface area contributed by atoms with Crippen LogP contribution in [0.15, 0.2) is 36.4 Å². The maximum Gasteiger partial charge on any atom is 0.203 e. The molecule has 1 heterocycles. The molecule has 0 radical (unpaired) electrons. The van der Waals surface area contributed by atoms with Crippen molar-refractivity contribution in [3.63, 3.8) is 0 Å². The molecule has 0 bridgehead atoms. The molecular weight excluding hydrogens is 350 g/mol. The molecule has 0 aliphatic rings. The molecule has 0 N–H and O–H groups in total. The lowest BCUT2D eigenvalue weighted by atomic mass is 10.1. The molecule has 6 heteroatoms. The zero-order valence-corrected chi connectivity index (χ0v) is 16.3. The number of aryl methyl sites for hydroxylation is 1. The van der Waals surface area contributed by atoms with Gasteiger partial charge in [0, 0.05) is 11.1 Å². The Hall–Kier alpha value is -2.73. The minimum atomic E-state index is 0.575. The van der Waals surface area contributed by atoms with Gasteiger partial charge in [0.15, 0.2) is 11.5 Å². The van der Waals surface area contributed by atoms with Crippen LogP contribution in [0.1, 0.15) is 5.01 Å². The molecule has 0 fully saturated rings. The first-order chi connectivity index (χ1) is 12.6. The van der Waals surface area contributed by atoms with Gasteiger partial charge >= 0.3 is 0 Å². The third kappa shape index (κ3) is 3.32. The summed E-state index contributed by atoms with van der Waals surface area (Å²) in [6.45, 7) is 2.00. The summed E-state index contributed by atoms with van der Waals surface area (Å²) in [7, 11) is 6.48. The van der Waals surface area contributed by atoms with Crippen molar-refractivity contribution in [3.05, 3.63) is 41.4 Å². The minimum Gasteiger partial charge on any atom is -0.497 e. The molecule has 0 atom stereocenters. The highest BCUT2D eigenvalue weighted by atomic mass is 32.1. The lowest BCUT2D eigenvalue weighted by Crippen LogP contribution is -1.95. The number of ether oxygens (including phenoxy) is 4. The maximum atomic E-state index is 5.49. The fraction of sp³-hybridized carbons (Fsp3) is 0.250. The summed E-state index contributed by atoms with van der Waals surface area (Å²) in [5, 5.41) is 0.986. The second-order valence-corrected chi connectivity index (χ2v) is 6.76. The number of thiazole rings is 1. The van der Waals surface area contributed by atoms with E-state index in [1.165, 1.54) is 0 Å². The van der Waals surface area contributed by atoms with E-state index in [0.29, 0.717) is 17.2 Å². The first kappa shape index (κ1) is 18.1. The van der Waals surface area contributed by atoms with Crippen LogP contribution in [0.5, 0.6) is 23.0 Å². The van der Waals surface area contributed by atoms with Crippen LogP contribution in [-0.2, 0) is 0 Å². The Balaban J connectivity index is 2.15. The van der Waals surface area contributed by atoms with Gasteiger partial charge in [-0.1, -0.05) is 0 Å². The molecule has 0 aliphatic carbocycles. The number of hydrogen-bond acceptors (Lipinski definition) is 6. The monoisotopic (exact) mass is 371 g/mol. The molecule has 3 aromatic rings. The number of benzene rings is 2. The van der Waals surface area contributed by atoms with E-state index in [0.717, 1.165) is 32.5 Å². The standard InChI is InChI=1S/C20H21NO4S/c1-12-21-18(13-6-8-15(22-2)9-7-13)20(26-12)14-10-16(23-3)19(25-5)17(11-14)24-4/h6-11H,1-5H3. The molecule has 0 saturated heterocycles. The fourth-order valence-corrected chi connectivity index (χ4v) is 3.71. The Morgan fingerprint density at radius 3 is 1.88 bits per heavy atom. The Morgan fingerprint density at radius 1 is 0.769 bits per heavy atom. The molecule has 0 amide bonds. The fourth-order valence-electron chi connectivity index (χ4n) is 2.78. The second kappa shape index (κ2) is 7.66. The maximum absolute atomic E-state index is 5.49. The predicted octanol–water partition coefficient (Wildman–Crippen LogP) is 4.82. The summed E-state index contributed by atoms with van der Waals surface area (Å²) in [5.41, 5.74) is 2.92. The van der Waals surface area contributed by atoms with Crippen molar-refractivity contribution in [2.45, 2.75) is 6.92 Å². The van der Waals surface area contributed by atoms with Gasteiger partial charge in [-0.25, -0.2) is 4.98 Å². The normalized spacial score (nSPS) is 10.5. The van der Waals surface area contributed by atoms with Crippen molar-refractivity contribution >= 4 is 11.3 Å². The van der Waals surface area contributed by atoms with Gasteiger partial charge in [0.2, 0.25) is 5.75 Å². The van der Waals surface area contributed by atoms with Gasteiger partial charge in [0.05, 0.1) is 44.0 Å². The number of rotatable bonds is 6. The summed E-state index contributed by atoms with van der Waals surface area (Å²) in [6.07, 6.45) is 0. The zero-order valence-electron chi connectivity index (χ0n) is 15.5. The molecule has 0 spiro atoms. The highest BCUT2D eigenvalue weighted by molar-refractivity contribution is 7.15. The summed E-state index contributed by atoms with van der Waals surface area (Å²) < 4.78 is 21.6. The van der Waals surface area contributed by atoms with Gasteiger partial charge in [-0.15, -0.1) is 11.3 Å². The molecular formula is C20H21NO4S. The molecule has 0 unspecified atom stereocenters.